The van der Waals surface area contributed by atoms with E-state index in [4.69, 9.17) is 0 Å². The minimum absolute atomic E-state index is 0.0620. The van der Waals surface area contributed by atoms with E-state index in [9.17, 15) is 27.9 Å². The molecule has 1 saturated carbocycles. The molecule has 1 aliphatic carbocycles. The molecular formula is C32H52N4O6S. The van der Waals surface area contributed by atoms with Crippen molar-refractivity contribution in [3.05, 3.63) is 35.9 Å². The highest BCUT2D eigenvalue weighted by Crippen LogP contribution is 2.39. The zero-order valence-corrected chi connectivity index (χ0v) is 27.7. The van der Waals surface area contributed by atoms with Gasteiger partial charge in [0.15, 0.2) is 9.84 Å². The van der Waals surface area contributed by atoms with E-state index in [0.717, 1.165) is 37.5 Å². The molecule has 1 aliphatic heterocycles. The van der Waals surface area contributed by atoms with Gasteiger partial charge >= 0.3 is 0 Å². The van der Waals surface area contributed by atoms with Crippen LogP contribution >= 0.6 is 0 Å². The van der Waals surface area contributed by atoms with Crippen molar-refractivity contribution in [1.29, 1.82) is 0 Å². The number of aliphatic hydroxyl groups is 1. The Kier molecular flexibility index (Phi) is 11.4. The molecule has 10 nitrogen and oxygen atoms in total. The van der Waals surface area contributed by atoms with E-state index in [1.807, 2.05) is 51.1 Å². The highest BCUT2D eigenvalue weighted by molar-refractivity contribution is 7.92. The van der Waals surface area contributed by atoms with Crippen molar-refractivity contribution in [1.82, 2.24) is 20.9 Å². The fraction of sp³-hybridized carbons (Fsp3) is 0.719. The number of sulfone groups is 1. The summed E-state index contributed by atoms with van der Waals surface area (Å²) in [6.45, 7) is 10.7. The summed E-state index contributed by atoms with van der Waals surface area (Å²) >= 11 is 0. The number of hydrogen-bond donors (Lipinski definition) is 4. The van der Waals surface area contributed by atoms with Crippen LogP contribution in [0.25, 0.3) is 0 Å². The molecule has 2 fully saturated rings. The average Bonchev–Trinajstić information content (AvgIpc) is 2.89. The highest BCUT2D eigenvalue weighted by Gasteiger charge is 2.46. The van der Waals surface area contributed by atoms with Gasteiger partial charge in [-0.25, -0.2) is 8.42 Å². The Morgan fingerprint density at radius 3 is 2.16 bits per heavy atom. The van der Waals surface area contributed by atoms with Crippen molar-refractivity contribution in [2.45, 2.75) is 115 Å². The molecule has 3 amide bonds. The molecule has 1 aromatic rings. The predicted molar refractivity (Wildman–Crippen MR) is 168 cm³/mol. The lowest BCUT2D eigenvalue weighted by atomic mass is 9.72. The Bertz CT molecular complexity index is 1230. The largest absolute Gasteiger partial charge is 0.390 e. The lowest BCUT2D eigenvalue weighted by Gasteiger charge is -2.47. The fourth-order valence-electron chi connectivity index (χ4n) is 6.38. The Balaban J connectivity index is 1.90. The first kappa shape index (κ1) is 35.0. The van der Waals surface area contributed by atoms with Crippen LogP contribution in [0.5, 0.6) is 0 Å². The van der Waals surface area contributed by atoms with Crippen molar-refractivity contribution in [3.8, 4) is 0 Å². The average molecular weight is 621 g/mol. The topological polar surface area (TPSA) is 145 Å². The van der Waals surface area contributed by atoms with Crippen molar-refractivity contribution >= 4 is 27.6 Å². The summed E-state index contributed by atoms with van der Waals surface area (Å²) in [5.41, 5.74) is 0.470. The van der Waals surface area contributed by atoms with Crippen LogP contribution in [0, 0.1) is 11.8 Å². The zero-order valence-electron chi connectivity index (χ0n) is 26.9. The van der Waals surface area contributed by atoms with Crippen LogP contribution in [0.1, 0.15) is 79.2 Å². The summed E-state index contributed by atoms with van der Waals surface area (Å²) in [5, 5.41) is 20.3. The van der Waals surface area contributed by atoms with Crippen molar-refractivity contribution < 1.29 is 27.9 Å². The molecule has 2 aliphatic rings. The first-order valence-electron chi connectivity index (χ1n) is 15.4. The van der Waals surface area contributed by atoms with Crippen molar-refractivity contribution in [2.75, 3.05) is 19.3 Å². The van der Waals surface area contributed by atoms with Crippen LogP contribution in [0.15, 0.2) is 30.3 Å². The number of β-amino-alcohol motifs (C(OH)–C–C–N with tert-alkyl or cyclic N) is 1. The Morgan fingerprint density at radius 1 is 1.00 bits per heavy atom. The van der Waals surface area contributed by atoms with Gasteiger partial charge in [0.05, 0.1) is 22.9 Å². The number of carbonyl (C=O) groups is 3. The summed E-state index contributed by atoms with van der Waals surface area (Å²) in [6.07, 6.45) is 5.48. The maximum absolute atomic E-state index is 13.7. The van der Waals surface area contributed by atoms with Crippen LogP contribution in [-0.4, -0.2) is 90.0 Å². The standard InChI is InChI=1S/C32H52N4O6S/c1-21(37)33-28(32(5,6)43(7,41)42)30(40)34-25(17-22-13-9-8-10-14-22)27(38)20-36-19-24-16-12-11-15-23(24)18-26(36)29(39)35-31(2,3)4/h8-10,13-14,23-28,38H,11-12,15-20H2,1-7H3,(H,33,37)(H,34,40)(H,35,39)/t23-,24+,25?,26?,27?,28+/m0/s1. The van der Waals surface area contributed by atoms with E-state index in [0.29, 0.717) is 18.4 Å². The molecule has 4 N–H and O–H groups in total. The molecule has 242 valence electrons. The van der Waals surface area contributed by atoms with Gasteiger partial charge in [-0.1, -0.05) is 49.6 Å². The summed E-state index contributed by atoms with van der Waals surface area (Å²) in [5.74, 6) is -0.387. The lowest BCUT2D eigenvalue weighted by molar-refractivity contribution is -0.133. The van der Waals surface area contributed by atoms with Crippen LogP contribution < -0.4 is 16.0 Å². The SMILES string of the molecule is CC(=O)N[C@H](C(=O)NC(Cc1ccccc1)C(O)CN1C[C@H]2CCCC[C@H]2CC1C(=O)NC(C)(C)C)C(C)(C)S(C)(=O)=O. The van der Waals surface area contributed by atoms with Crippen LogP contribution in [-0.2, 0) is 30.6 Å². The monoisotopic (exact) mass is 620 g/mol. The number of amides is 3. The first-order valence-corrected chi connectivity index (χ1v) is 17.3. The minimum atomic E-state index is -3.76. The van der Waals surface area contributed by atoms with Gasteiger partial charge in [-0.05, 0) is 71.3 Å². The lowest BCUT2D eigenvalue weighted by Crippen LogP contribution is -2.64. The Labute approximate surface area is 257 Å². The van der Waals surface area contributed by atoms with E-state index in [1.54, 1.807) is 0 Å². The van der Waals surface area contributed by atoms with E-state index in [-0.39, 0.29) is 18.9 Å². The molecule has 3 unspecified atom stereocenters. The van der Waals surface area contributed by atoms with Crippen LogP contribution in [0.2, 0.25) is 0 Å². The van der Waals surface area contributed by atoms with Gasteiger partial charge in [0, 0.05) is 31.8 Å². The van der Waals surface area contributed by atoms with E-state index < -0.39 is 56.2 Å². The van der Waals surface area contributed by atoms with Gasteiger partial charge in [0.25, 0.3) is 0 Å². The third-order valence-electron chi connectivity index (χ3n) is 9.08. The van der Waals surface area contributed by atoms with Crippen LogP contribution in [0.3, 0.4) is 0 Å². The second-order valence-electron chi connectivity index (χ2n) is 14.1. The predicted octanol–water partition coefficient (Wildman–Crippen LogP) is 2.20. The molecule has 1 heterocycles. The maximum Gasteiger partial charge on any atom is 0.244 e. The Morgan fingerprint density at radius 2 is 1.60 bits per heavy atom. The number of rotatable bonds is 11. The third kappa shape index (κ3) is 9.49. The smallest absolute Gasteiger partial charge is 0.244 e. The van der Waals surface area contributed by atoms with Gasteiger partial charge in [0.2, 0.25) is 17.7 Å². The summed E-state index contributed by atoms with van der Waals surface area (Å²) in [7, 11) is -3.76. The molecule has 43 heavy (non-hydrogen) atoms. The molecule has 6 atom stereocenters. The number of aliphatic hydroxyl groups excluding tert-OH is 1. The van der Waals surface area contributed by atoms with Gasteiger partial charge < -0.3 is 21.1 Å². The number of likely N-dealkylation sites (tertiary alicyclic amines) is 1. The summed E-state index contributed by atoms with van der Waals surface area (Å²) < 4.78 is 23.7. The van der Waals surface area contributed by atoms with Gasteiger partial charge in [0.1, 0.15) is 6.04 Å². The normalized spacial score (nSPS) is 23.8. The molecule has 0 bridgehead atoms. The van der Waals surface area contributed by atoms with Gasteiger partial charge in [-0.3, -0.25) is 19.3 Å². The number of piperidine rings is 1. The zero-order chi connectivity index (χ0) is 32.2. The van der Waals surface area contributed by atoms with Crippen LogP contribution in [0.4, 0.5) is 0 Å². The third-order valence-corrected chi connectivity index (χ3v) is 11.2. The minimum Gasteiger partial charge on any atom is -0.390 e. The van der Waals surface area contributed by atoms with Gasteiger partial charge in [-0.2, -0.15) is 0 Å². The molecular weight excluding hydrogens is 568 g/mol. The molecule has 1 saturated heterocycles. The molecule has 0 aromatic heterocycles. The summed E-state index contributed by atoms with van der Waals surface area (Å²) in [4.78, 5) is 41.3. The molecule has 0 radical (unpaired) electrons. The number of nitrogens with zero attached hydrogens (tertiary/aromatic N) is 1. The van der Waals surface area contributed by atoms with Crippen molar-refractivity contribution in [2.24, 2.45) is 11.8 Å². The number of nitrogens with one attached hydrogen (secondary N) is 3. The molecule has 3 rings (SSSR count). The fourth-order valence-corrected chi connectivity index (χ4v) is 6.98. The number of benzene rings is 1. The number of carbonyl (C=O) groups excluding carboxylic acids is 3. The molecule has 11 heteroatoms. The first-order chi connectivity index (χ1) is 19.9. The maximum atomic E-state index is 13.7. The summed E-state index contributed by atoms with van der Waals surface area (Å²) in [6, 6.07) is 6.81. The second kappa shape index (κ2) is 14.1. The Hall–Kier alpha value is -2.50. The van der Waals surface area contributed by atoms with Crippen molar-refractivity contribution in [3.63, 3.8) is 0 Å². The van der Waals surface area contributed by atoms with E-state index in [2.05, 4.69) is 20.9 Å². The van der Waals surface area contributed by atoms with E-state index in [1.165, 1.54) is 27.2 Å². The number of fused-ring (bicyclic) bond motifs is 1. The number of hydrogen-bond acceptors (Lipinski definition) is 7. The highest BCUT2D eigenvalue weighted by atomic mass is 32.2. The quantitative estimate of drug-likeness (QED) is 0.297. The molecule has 1 aromatic carbocycles. The van der Waals surface area contributed by atoms with Gasteiger partial charge in [-0.15, -0.1) is 0 Å². The second-order valence-corrected chi connectivity index (χ2v) is 16.7. The van der Waals surface area contributed by atoms with E-state index >= 15 is 0 Å². The molecule has 0 spiro atoms.